The number of ether oxygens (including phenoxy) is 2. The van der Waals surface area contributed by atoms with E-state index in [1.807, 2.05) is 0 Å². The van der Waals surface area contributed by atoms with Gasteiger partial charge in [-0.1, -0.05) is 117 Å². The van der Waals surface area contributed by atoms with Crippen molar-refractivity contribution >= 4 is 18.1 Å². The van der Waals surface area contributed by atoms with E-state index < -0.39 is 29.7 Å². The summed E-state index contributed by atoms with van der Waals surface area (Å²) < 4.78 is 10.2. The third-order valence-electron chi connectivity index (χ3n) is 6.30. The molecule has 0 aromatic carbocycles. The van der Waals surface area contributed by atoms with Gasteiger partial charge >= 0.3 is 18.1 Å². The van der Waals surface area contributed by atoms with E-state index in [0.29, 0.717) is 12.8 Å². The zero-order valence-corrected chi connectivity index (χ0v) is 26.3. The van der Waals surface area contributed by atoms with Gasteiger partial charge in [-0.3, -0.25) is 9.78 Å². The van der Waals surface area contributed by atoms with Crippen molar-refractivity contribution in [3.8, 4) is 0 Å². The molecule has 9 heteroatoms. The molecule has 0 bridgehead atoms. The Bertz CT molecular complexity index is 607. The minimum Gasteiger partial charge on any atom is -0.398 e. The lowest BCUT2D eigenvalue weighted by atomic mass is 10.1. The van der Waals surface area contributed by atoms with Crippen LogP contribution in [0.2, 0.25) is 0 Å². The maximum atomic E-state index is 12.2. The highest BCUT2D eigenvalue weighted by molar-refractivity contribution is 5.69. The van der Waals surface area contributed by atoms with Crippen molar-refractivity contribution < 1.29 is 43.4 Å². The van der Waals surface area contributed by atoms with Crippen LogP contribution >= 0.6 is 0 Å². The predicted molar refractivity (Wildman–Crippen MR) is 154 cm³/mol. The molecule has 0 saturated carbocycles. The highest BCUT2D eigenvalue weighted by Crippen LogP contribution is 2.19. The molecule has 9 nitrogen and oxygen atoms in total. The number of carbonyl (C=O) groups is 3. The van der Waals surface area contributed by atoms with Crippen LogP contribution in [0.5, 0.6) is 0 Å². The van der Waals surface area contributed by atoms with Gasteiger partial charge in [0.25, 0.3) is 11.6 Å². The van der Waals surface area contributed by atoms with Crippen molar-refractivity contribution in [1.82, 2.24) is 0 Å². The van der Waals surface area contributed by atoms with Crippen molar-refractivity contribution in [3.05, 3.63) is 0 Å². The molecule has 0 atom stereocenters. The van der Waals surface area contributed by atoms with Gasteiger partial charge in [-0.05, 0) is 12.8 Å². The Labute approximate surface area is 243 Å². The van der Waals surface area contributed by atoms with Crippen LogP contribution in [0.15, 0.2) is 0 Å². The number of hydrogen-bond donors (Lipinski definition) is 0. The van der Waals surface area contributed by atoms with E-state index >= 15 is 0 Å². The Hall–Kier alpha value is -1.87. The molecule has 0 rings (SSSR count). The molecule has 40 heavy (non-hydrogen) atoms. The maximum Gasteiger partial charge on any atom is 0.513 e. The first kappa shape index (κ1) is 38.1. The molecular formula is C31H58O9. The van der Waals surface area contributed by atoms with Crippen molar-refractivity contribution in [2.45, 2.75) is 182 Å². The molecule has 236 valence electrons. The molecule has 0 fully saturated rings. The fraction of sp³-hybridized carbons (Fsp3) is 0.903. The molecule has 0 aromatic rings. The van der Waals surface area contributed by atoms with E-state index in [0.717, 1.165) is 25.7 Å². The first-order chi connectivity index (χ1) is 19.0. The highest BCUT2D eigenvalue weighted by Gasteiger charge is 2.33. The standard InChI is InChI=1S/C31H58O9/c1-7-9-11-13-15-17-19-21-23-25-27(32)37-39-30(3,4)35-29(34)36-31(5,6)40-38-28(33)26-24-22-20-18-16-14-12-10-8-2/h7-26H2,1-6H3. The van der Waals surface area contributed by atoms with E-state index in [-0.39, 0.29) is 12.8 Å². The molecule has 0 saturated heterocycles. The van der Waals surface area contributed by atoms with Gasteiger partial charge in [0, 0.05) is 40.5 Å². The summed E-state index contributed by atoms with van der Waals surface area (Å²) in [5, 5.41) is 0. The van der Waals surface area contributed by atoms with E-state index in [4.69, 9.17) is 29.0 Å². The maximum absolute atomic E-state index is 12.2. The fourth-order valence-electron chi connectivity index (χ4n) is 3.99. The molecular weight excluding hydrogens is 516 g/mol. The van der Waals surface area contributed by atoms with Crippen LogP contribution in [-0.2, 0) is 38.6 Å². The lowest BCUT2D eigenvalue weighted by Crippen LogP contribution is -2.38. The summed E-state index contributed by atoms with van der Waals surface area (Å²) in [6.07, 6.45) is 19.9. The van der Waals surface area contributed by atoms with Crippen molar-refractivity contribution in [1.29, 1.82) is 0 Å². The largest absolute Gasteiger partial charge is 0.513 e. The van der Waals surface area contributed by atoms with Crippen LogP contribution in [0.3, 0.4) is 0 Å². The predicted octanol–water partition coefficient (Wildman–Crippen LogP) is 9.40. The van der Waals surface area contributed by atoms with Crippen LogP contribution in [0.4, 0.5) is 4.79 Å². The summed E-state index contributed by atoms with van der Waals surface area (Å²) in [6, 6.07) is 0. The molecule has 0 aliphatic heterocycles. The molecule has 0 N–H and O–H groups in total. The van der Waals surface area contributed by atoms with Gasteiger partial charge in [0.15, 0.2) is 0 Å². The number of rotatable bonds is 26. The Morgan fingerprint density at radius 2 is 0.725 bits per heavy atom. The third-order valence-corrected chi connectivity index (χ3v) is 6.30. The molecule has 0 aromatic heterocycles. The van der Waals surface area contributed by atoms with Gasteiger partial charge in [0.2, 0.25) is 0 Å². The Kier molecular flexibility index (Phi) is 22.7. The van der Waals surface area contributed by atoms with Gasteiger partial charge in [-0.25, -0.2) is 14.4 Å². The summed E-state index contributed by atoms with van der Waals surface area (Å²) in [5.74, 6) is -4.24. The van der Waals surface area contributed by atoms with E-state index in [2.05, 4.69) is 13.8 Å². The normalized spacial score (nSPS) is 11.8. The molecule has 0 radical (unpaired) electrons. The molecule has 0 spiro atoms. The molecule has 0 heterocycles. The average molecular weight is 575 g/mol. The lowest BCUT2D eigenvalue weighted by Gasteiger charge is -2.26. The van der Waals surface area contributed by atoms with Gasteiger partial charge in [0.1, 0.15) is 0 Å². The molecule has 0 aliphatic rings. The molecule has 0 unspecified atom stereocenters. The highest BCUT2D eigenvalue weighted by atomic mass is 17.3. The van der Waals surface area contributed by atoms with E-state index in [1.54, 1.807) is 0 Å². The number of unbranched alkanes of at least 4 members (excludes halogenated alkanes) is 16. The van der Waals surface area contributed by atoms with Gasteiger partial charge < -0.3 is 9.47 Å². The Morgan fingerprint density at radius 3 is 1.02 bits per heavy atom. The second-order valence-electron chi connectivity index (χ2n) is 11.5. The summed E-state index contributed by atoms with van der Waals surface area (Å²) in [4.78, 5) is 55.7. The number of carbonyl (C=O) groups excluding carboxylic acids is 3. The van der Waals surface area contributed by atoms with E-state index in [1.165, 1.54) is 105 Å². The van der Waals surface area contributed by atoms with Crippen molar-refractivity contribution in [2.24, 2.45) is 0 Å². The Balaban J connectivity index is 3.99. The number of hydrogen-bond acceptors (Lipinski definition) is 9. The van der Waals surface area contributed by atoms with Gasteiger partial charge in [-0.15, -0.1) is 9.78 Å². The summed E-state index contributed by atoms with van der Waals surface area (Å²) in [7, 11) is 0. The minimum absolute atomic E-state index is 0.224. The second kappa shape index (κ2) is 23.8. The summed E-state index contributed by atoms with van der Waals surface area (Å²) in [6.45, 7) is 10.0. The Morgan fingerprint density at radius 1 is 0.450 bits per heavy atom. The van der Waals surface area contributed by atoms with E-state index in [9.17, 15) is 14.4 Å². The quantitative estimate of drug-likeness (QED) is 0.0328. The first-order valence-corrected chi connectivity index (χ1v) is 15.7. The van der Waals surface area contributed by atoms with Crippen molar-refractivity contribution in [2.75, 3.05) is 0 Å². The zero-order chi connectivity index (χ0) is 30.1. The minimum atomic E-state index is -1.59. The third kappa shape index (κ3) is 25.1. The fourth-order valence-corrected chi connectivity index (χ4v) is 3.99. The summed E-state index contributed by atoms with van der Waals surface area (Å²) >= 11 is 0. The zero-order valence-electron chi connectivity index (χ0n) is 26.3. The van der Waals surface area contributed by atoms with Gasteiger partial charge in [0.05, 0.1) is 0 Å². The van der Waals surface area contributed by atoms with Crippen LogP contribution < -0.4 is 0 Å². The molecule has 0 amide bonds. The van der Waals surface area contributed by atoms with Crippen LogP contribution in [0, 0.1) is 0 Å². The average Bonchev–Trinajstić information content (AvgIpc) is 2.88. The topological polar surface area (TPSA) is 107 Å². The van der Waals surface area contributed by atoms with Gasteiger partial charge in [-0.2, -0.15) is 0 Å². The van der Waals surface area contributed by atoms with Crippen LogP contribution in [0.25, 0.3) is 0 Å². The smallest absolute Gasteiger partial charge is 0.398 e. The SMILES string of the molecule is CCCCCCCCCCCC(=O)OOC(C)(C)OC(=O)OC(C)(C)OOC(=O)CCCCCCCCCCC. The lowest BCUT2D eigenvalue weighted by molar-refractivity contribution is -0.399. The molecule has 0 aliphatic carbocycles. The van der Waals surface area contributed by atoms with Crippen molar-refractivity contribution in [3.63, 3.8) is 0 Å². The second-order valence-corrected chi connectivity index (χ2v) is 11.5. The first-order valence-electron chi connectivity index (χ1n) is 15.7. The monoisotopic (exact) mass is 574 g/mol. The van der Waals surface area contributed by atoms with Crippen LogP contribution in [-0.4, -0.2) is 29.7 Å². The summed E-state index contributed by atoms with van der Waals surface area (Å²) in [5.41, 5.74) is 0. The van der Waals surface area contributed by atoms with Crippen LogP contribution in [0.1, 0.15) is 170 Å².